The maximum absolute atomic E-state index is 11.7. The largest absolute Gasteiger partial charge is 0.447 e. The third-order valence-corrected chi connectivity index (χ3v) is 3.42. The lowest BCUT2D eigenvalue weighted by Crippen LogP contribution is -2.48. The van der Waals surface area contributed by atoms with Crippen molar-refractivity contribution in [3.8, 4) is 0 Å². The van der Waals surface area contributed by atoms with E-state index in [2.05, 4.69) is 20.8 Å². The van der Waals surface area contributed by atoms with Crippen LogP contribution in [0.3, 0.4) is 0 Å². The predicted molar refractivity (Wildman–Crippen MR) is 58.7 cm³/mol. The van der Waals surface area contributed by atoms with E-state index in [-0.39, 0.29) is 17.0 Å². The van der Waals surface area contributed by atoms with Gasteiger partial charge in [-0.1, -0.05) is 33.6 Å². The van der Waals surface area contributed by atoms with Crippen molar-refractivity contribution >= 4 is 6.09 Å². The summed E-state index contributed by atoms with van der Waals surface area (Å²) in [5.74, 6) is 0. The molecule has 0 aromatic heterocycles. The molecule has 15 heavy (non-hydrogen) atoms. The first kappa shape index (κ1) is 10.8. The maximum atomic E-state index is 11.7. The first-order valence-electron chi connectivity index (χ1n) is 5.87. The third-order valence-electron chi connectivity index (χ3n) is 3.42. The standard InChI is InChI=1S/C12H21NO2/c1-11(2,3)8-13-10(14)15-9-12(13)6-4-5-7-12/h4-9H2,1-3H3. The Morgan fingerprint density at radius 1 is 1.33 bits per heavy atom. The first-order chi connectivity index (χ1) is 6.93. The monoisotopic (exact) mass is 211 g/mol. The third kappa shape index (κ3) is 1.97. The average molecular weight is 211 g/mol. The maximum Gasteiger partial charge on any atom is 0.410 e. The summed E-state index contributed by atoms with van der Waals surface area (Å²) in [5, 5.41) is 0. The fourth-order valence-electron chi connectivity index (χ4n) is 2.70. The molecule has 3 nitrogen and oxygen atoms in total. The molecule has 86 valence electrons. The van der Waals surface area contributed by atoms with Gasteiger partial charge in [0.05, 0.1) is 5.54 Å². The van der Waals surface area contributed by atoms with Crippen molar-refractivity contribution < 1.29 is 9.53 Å². The van der Waals surface area contributed by atoms with Crippen LogP contribution < -0.4 is 0 Å². The second kappa shape index (κ2) is 3.39. The molecular weight excluding hydrogens is 190 g/mol. The second-order valence-electron chi connectivity index (χ2n) is 6.13. The molecule has 0 N–H and O–H groups in total. The number of carbonyl (C=O) groups is 1. The molecule has 2 rings (SSSR count). The molecule has 1 spiro atoms. The van der Waals surface area contributed by atoms with Crippen LogP contribution >= 0.6 is 0 Å². The lowest BCUT2D eigenvalue weighted by molar-refractivity contribution is 0.122. The Hall–Kier alpha value is -0.730. The molecule has 3 heteroatoms. The molecule has 0 unspecified atom stereocenters. The van der Waals surface area contributed by atoms with Gasteiger partial charge in [0.15, 0.2) is 0 Å². The minimum absolute atomic E-state index is 0.0460. The van der Waals surface area contributed by atoms with Gasteiger partial charge in [0, 0.05) is 6.54 Å². The van der Waals surface area contributed by atoms with Gasteiger partial charge in [-0.15, -0.1) is 0 Å². The molecule has 0 atom stereocenters. The highest BCUT2D eigenvalue weighted by molar-refractivity contribution is 5.71. The van der Waals surface area contributed by atoms with E-state index >= 15 is 0 Å². The summed E-state index contributed by atoms with van der Waals surface area (Å²) >= 11 is 0. The Balaban J connectivity index is 2.15. The number of amides is 1. The zero-order valence-electron chi connectivity index (χ0n) is 10.0. The molecule has 2 fully saturated rings. The van der Waals surface area contributed by atoms with E-state index in [0.717, 1.165) is 19.4 Å². The van der Waals surface area contributed by atoms with Crippen molar-refractivity contribution in [1.82, 2.24) is 4.90 Å². The molecule has 1 aliphatic heterocycles. The Kier molecular flexibility index (Phi) is 2.44. The molecular formula is C12H21NO2. The van der Waals surface area contributed by atoms with Crippen LogP contribution in [-0.4, -0.2) is 29.7 Å². The molecule has 0 aromatic rings. The fourth-order valence-corrected chi connectivity index (χ4v) is 2.70. The van der Waals surface area contributed by atoms with Gasteiger partial charge in [-0.2, -0.15) is 0 Å². The highest BCUT2D eigenvalue weighted by Crippen LogP contribution is 2.41. The van der Waals surface area contributed by atoms with Gasteiger partial charge < -0.3 is 4.74 Å². The smallest absolute Gasteiger partial charge is 0.410 e. The molecule has 0 radical (unpaired) electrons. The molecule has 1 amide bonds. The highest BCUT2D eigenvalue weighted by atomic mass is 16.6. The molecule has 0 bridgehead atoms. The summed E-state index contributed by atoms with van der Waals surface area (Å²) in [6.45, 7) is 7.93. The summed E-state index contributed by atoms with van der Waals surface area (Å²) < 4.78 is 5.24. The molecule has 2 aliphatic rings. The van der Waals surface area contributed by atoms with Crippen LogP contribution in [0, 0.1) is 5.41 Å². The summed E-state index contributed by atoms with van der Waals surface area (Å²) in [6.07, 6.45) is 4.60. The number of nitrogens with zero attached hydrogens (tertiary/aromatic N) is 1. The van der Waals surface area contributed by atoms with Gasteiger partial charge in [0.1, 0.15) is 6.61 Å². The van der Waals surface area contributed by atoms with Crippen LogP contribution in [0.1, 0.15) is 46.5 Å². The van der Waals surface area contributed by atoms with Crippen molar-refractivity contribution in [2.24, 2.45) is 5.41 Å². The van der Waals surface area contributed by atoms with E-state index in [9.17, 15) is 4.79 Å². The lowest BCUT2D eigenvalue weighted by atomic mass is 9.91. The molecule has 0 aromatic carbocycles. The van der Waals surface area contributed by atoms with Crippen LogP contribution in [0.4, 0.5) is 4.79 Å². The summed E-state index contributed by atoms with van der Waals surface area (Å²) in [5.41, 5.74) is 0.198. The van der Waals surface area contributed by atoms with Crippen LogP contribution in [0.15, 0.2) is 0 Å². The summed E-state index contributed by atoms with van der Waals surface area (Å²) in [4.78, 5) is 13.7. The van der Waals surface area contributed by atoms with Crippen molar-refractivity contribution in [2.75, 3.05) is 13.2 Å². The van der Waals surface area contributed by atoms with E-state index in [4.69, 9.17) is 4.74 Å². The predicted octanol–water partition coefficient (Wildman–Crippen LogP) is 2.80. The fraction of sp³-hybridized carbons (Fsp3) is 0.917. The van der Waals surface area contributed by atoms with E-state index in [0.29, 0.717) is 6.61 Å². The van der Waals surface area contributed by atoms with Gasteiger partial charge >= 0.3 is 6.09 Å². The summed E-state index contributed by atoms with van der Waals surface area (Å²) in [6, 6.07) is 0. The van der Waals surface area contributed by atoms with Crippen molar-refractivity contribution in [2.45, 2.75) is 52.0 Å². The quantitative estimate of drug-likeness (QED) is 0.667. The zero-order chi connectivity index (χ0) is 11.1. The minimum Gasteiger partial charge on any atom is -0.447 e. The van der Waals surface area contributed by atoms with Gasteiger partial charge in [-0.3, -0.25) is 4.90 Å². The van der Waals surface area contributed by atoms with Gasteiger partial charge in [-0.05, 0) is 18.3 Å². The highest BCUT2D eigenvalue weighted by Gasteiger charge is 2.49. The average Bonchev–Trinajstić information content (AvgIpc) is 2.67. The van der Waals surface area contributed by atoms with Gasteiger partial charge in [0.25, 0.3) is 0 Å². The van der Waals surface area contributed by atoms with E-state index in [1.165, 1.54) is 12.8 Å². The molecule has 1 saturated carbocycles. The van der Waals surface area contributed by atoms with Crippen molar-refractivity contribution in [3.63, 3.8) is 0 Å². The first-order valence-corrected chi connectivity index (χ1v) is 5.87. The lowest BCUT2D eigenvalue weighted by Gasteiger charge is -2.35. The van der Waals surface area contributed by atoms with Gasteiger partial charge in [0.2, 0.25) is 0 Å². The molecule has 1 heterocycles. The number of hydrogen-bond acceptors (Lipinski definition) is 2. The van der Waals surface area contributed by atoms with E-state index in [1.807, 2.05) is 4.90 Å². The topological polar surface area (TPSA) is 29.5 Å². The van der Waals surface area contributed by atoms with E-state index in [1.54, 1.807) is 0 Å². The number of rotatable bonds is 1. The Labute approximate surface area is 91.8 Å². The van der Waals surface area contributed by atoms with E-state index < -0.39 is 0 Å². The number of carbonyl (C=O) groups excluding carboxylic acids is 1. The Morgan fingerprint density at radius 2 is 1.93 bits per heavy atom. The van der Waals surface area contributed by atoms with Crippen molar-refractivity contribution in [1.29, 1.82) is 0 Å². The SMILES string of the molecule is CC(C)(C)CN1C(=O)OCC12CCCC2. The van der Waals surface area contributed by atoms with Crippen LogP contribution in [0.5, 0.6) is 0 Å². The Morgan fingerprint density at radius 3 is 2.47 bits per heavy atom. The van der Waals surface area contributed by atoms with Crippen LogP contribution in [-0.2, 0) is 4.74 Å². The normalized spacial score (nSPS) is 25.0. The second-order valence-corrected chi connectivity index (χ2v) is 6.13. The number of cyclic esters (lactones) is 1. The van der Waals surface area contributed by atoms with Crippen molar-refractivity contribution in [3.05, 3.63) is 0 Å². The molecule has 1 aliphatic carbocycles. The number of hydrogen-bond donors (Lipinski definition) is 0. The van der Waals surface area contributed by atoms with Crippen LogP contribution in [0.25, 0.3) is 0 Å². The molecule has 1 saturated heterocycles. The van der Waals surface area contributed by atoms with Gasteiger partial charge in [-0.25, -0.2) is 4.79 Å². The Bertz CT molecular complexity index is 261. The number of ether oxygens (including phenoxy) is 1. The zero-order valence-corrected chi connectivity index (χ0v) is 10.0. The minimum atomic E-state index is -0.105. The summed E-state index contributed by atoms with van der Waals surface area (Å²) in [7, 11) is 0. The van der Waals surface area contributed by atoms with Crippen LogP contribution in [0.2, 0.25) is 0 Å².